The molecule has 0 atom stereocenters. The lowest BCUT2D eigenvalue weighted by atomic mass is 10.0. The molecule has 0 saturated heterocycles. The Kier molecular flexibility index (Phi) is 3.58. The molecule has 3 heterocycles. The zero-order valence-corrected chi connectivity index (χ0v) is 14.0. The summed E-state index contributed by atoms with van der Waals surface area (Å²) in [4.78, 5) is 33.5. The number of amides is 1. The third-order valence-electron chi connectivity index (χ3n) is 4.09. The van der Waals surface area contributed by atoms with Crippen molar-refractivity contribution in [3.63, 3.8) is 0 Å². The number of carbonyl (C=O) groups is 2. The summed E-state index contributed by atoms with van der Waals surface area (Å²) in [5, 5.41) is 4.01. The second kappa shape index (κ2) is 5.79. The molecule has 1 aliphatic heterocycles. The van der Waals surface area contributed by atoms with Gasteiger partial charge in [0.05, 0.1) is 11.3 Å². The third kappa shape index (κ3) is 2.68. The molecule has 0 spiro atoms. The Morgan fingerprint density at radius 1 is 1.24 bits per heavy atom. The molecule has 0 bridgehead atoms. The van der Waals surface area contributed by atoms with Crippen molar-refractivity contribution in [3.8, 4) is 0 Å². The maximum Gasteiger partial charge on any atom is 0.256 e. The van der Waals surface area contributed by atoms with Gasteiger partial charge in [-0.25, -0.2) is 9.97 Å². The molecule has 122 valence electrons. The van der Waals surface area contributed by atoms with Crippen LogP contribution in [0.2, 0.25) is 5.02 Å². The van der Waals surface area contributed by atoms with E-state index < -0.39 is 0 Å². The topological polar surface area (TPSA) is 72.0 Å². The number of aryl methyl sites for hydroxylation is 1. The zero-order chi connectivity index (χ0) is 17.6. The molecule has 4 rings (SSSR count). The third-order valence-corrected chi connectivity index (χ3v) is 4.32. The monoisotopic (exact) mass is 349 g/mol. The minimum absolute atomic E-state index is 0.284. The Hall–Kier alpha value is -3.05. The van der Waals surface area contributed by atoms with Crippen molar-refractivity contribution in [1.82, 2.24) is 9.97 Å². The summed E-state index contributed by atoms with van der Waals surface area (Å²) in [5.41, 5.74) is 3.16. The summed E-state index contributed by atoms with van der Waals surface area (Å²) < 4.78 is 0. The Morgan fingerprint density at radius 2 is 2.08 bits per heavy atom. The van der Waals surface area contributed by atoms with Crippen LogP contribution >= 0.6 is 11.6 Å². The van der Waals surface area contributed by atoms with Crippen molar-refractivity contribution in [3.05, 3.63) is 70.5 Å². The van der Waals surface area contributed by atoms with Crippen molar-refractivity contribution in [2.24, 2.45) is 0 Å². The number of carbonyl (C=O) groups excluding carboxylic acids is 2. The van der Waals surface area contributed by atoms with E-state index in [1.54, 1.807) is 43.5 Å². The van der Waals surface area contributed by atoms with Crippen LogP contribution in [0.1, 0.15) is 21.6 Å². The first-order valence-electron chi connectivity index (χ1n) is 7.62. The quantitative estimate of drug-likeness (QED) is 0.564. The van der Waals surface area contributed by atoms with Crippen molar-refractivity contribution in [2.45, 2.75) is 6.92 Å². The second-order valence-electron chi connectivity index (χ2n) is 5.74. The van der Waals surface area contributed by atoms with Gasteiger partial charge >= 0.3 is 0 Å². The van der Waals surface area contributed by atoms with Gasteiger partial charge < -0.3 is 5.32 Å². The fourth-order valence-corrected chi connectivity index (χ4v) is 3.03. The summed E-state index contributed by atoms with van der Waals surface area (Å²) in [7, 11) is 0. The highest BCUT2D eigenvalue weighted by molar-refractivity contribution is 6.36. The maximum atomic E-state index is 12.8. The summed E-state index contributed by atoms with van der Waals surface area (Å²) in [6.07, 6.45) is 2.99. The predicted molar refractivity (Wildman–Crippen MR) is 96.7 cm³/mol. The summed E-state index contributed by atoms with van der Waals surface area (Å²) in [6, 6.07) is 10.5. The van der Waals surface area contributed by atoms with Gasteiger partial charge in [0.25, 0.3) is 5.91 Å². The van der Waals surface area contributed by atoms with Gasteiger partial charge in [-0.15, -0.1) is 0 Å². The van der Waals surface area contributed by atoms with Crippen LogP contribution in [0.4, 0.5) is 5.69 Å². The van der Waals surface area contributed by atoms with Crippen LogP contribution in [0, 0.1) is 6.92 Å². The van der Waals surface area contributed by atoms with Gasteiger partial charge in [0.2, 0.25) is 0 Å². The molecule has 1 aliphatic rings. The molecule has 0 aliphatic carbocycles. The van der Waals surface area contributed by atoms with E-state index in [0.717, 1.165) is 5.39 Å². The van der Waals surface area contributed by atoms with E-state index in [1.165, 1.54) is 6.08 Å². The van der Waals surface area contributed by atoms with Crippen molar-refractivity contribution in [1.29, 1.82) is 0 Å². The summed E-state index contributed by atoms with van der Waals surface area (Å²) in [5.74, 6) is -0.604. The predicted octanol–water partition coefficient (Wildman–Crippen LogP) is 3.81. The molecule has 3 aromatic rings. The first kappa shape index (κ1) is 15.5. The number of aromatic nitrogens is 2. The highest BCUT2D eigenvalue weighted by atomic mass is 35.5. The number of ketones is 1. The number of nitrogens with one attached hydrogen (secondary N) is 1. The standard InChI is InChI=1S/C19H12ClN3O2/c1-10-13(7-11-3-2-6-21-18(11)22-10)17(24)9-15-14-8-12(20)4-5-16(14)23-19(15)25/h2-9H,1H3,(H,23,25)/b15-9+. The second-order valence-corrected chi connectivity index (χ2v) is 6.17. The van der Waals surface area contributed by atoms with E-state index in [2.05, 4.69) is 15.3 Å². The Labute approximate surface area is 148 Å². The van der Waals surface area contributed by atoms with Crippen LogP contribution in [0.15, 0.2) is 48.7 Å². The van der Waals surface area contributed by atoms with Crippen LogP contribution in [0.25, 0.3) is 16.6 Å². The molecule has 1 amide bonds. The zero-order valence-electron chi connectivity index (χ0n) is 13.2. The highest BCUT2D eigenvalue weighted by Gasteiger charge is 2.25. The van der Waals surface area contributed by atoms with Gasteiger partial charge in [-0.1, -0.05) is 11.6 Å². The lowest BCUT2D eigenvalue weighted by Gasteiger charge is -2.04. The molecule has 0 fully saturated rings. The molecular formula is C19H12ClN3O2. The van der Waals surface area contributed by atoms with Gasteiger partial charge in [-0.2, -0.15) is 0 Å². The number of anilines is 1. The average Bonchev–Trinajstić information content (AvgIpc) is 2.89. The fourth-order valence-electron chi connectivity index (χ4n) is 2.86. The Morgan fingerprint density at radius 3 is 2.92 bits per heavy atom. The Bertz CT molecular complexity index is 1090. The van der Waals surface area contributed by atoms with E-state index in [0.29, 0.717) is 38.8 Å². The SMILES string of the molecule is Cc1nc2ncccc2cc1C(=O)/C=C1/C(=O)Nc2ccc(Cl)cc21. The van der Waals surface area contributed by atoms with Gasteiger partial charge in [-0.3, -0.25) is 9.59 Å². The molecule has 1 aromatic carbocycles. The maximum absolute atomic E-state index is 12.8. The molecule has 0 saturated carbocycles. The fraction of sp³-hybridized carbons (Fsp3) is 0.0526. The minimum atomic E-state index is -0.321. The first-order chi connectivity index (χ1) is 12.0. The number of benzene rings is 1. The number of nitrogens with zero attached hydrogens (tertiary/aromatic N) is 2. The van der Waals surface area contributed by atoms with Crippen molar-refractivity contribution < 1.29 is 9.59 Å². The van der Waals surface area contributed by atoms with E-state index in [4.69, 9.17) is 11.6 Å². The van der Waals surface area contributed by atoms with Crippen molar-refractivity contribution in [2.75, 3.05) is 5.32 Å². The number of hydrogen-bond acceptors (Lipinski definition) is 4. The smallest absolute Gasteiger partial charge is 0.256 e. The van der Waals surface area contributed by atoms with E-state index in [-0.39, 0.29) is 11.7 Å². The normalized spacial score (nSPS) is 14.6. The molecule has 5 nitrogen and oxygen atoms in total. The summed E-state index contributed by atoms with van der Waals surface area (Å²) in [6.45, 7) is 1.75. The van der Waals surface area contributed by atoms with Gasteiger partial charge in [0, 0.05) is 33.4 Å². The molecular weight excluding hydrogens is 338 g/mol. The number of halogens is 1. The van der Waals surface area contributed by atoms with Crippen LogP contribution in [-0.2, 0) is 4.79 Å². The van der Waals surface area contributed by atoms with E-state index in [1.807, 2.05) is 6.07 Å². The molecule has 0 radical (unpaired) electrons. The van der Waals surface area contributed by atoms with Crippen LogP contribution in [0.5, 0.6) is 0 Å². The van der Waals surface area contributed by atoms with Crippen LogP contribution in [-0.4, -0.2) is 21.7 Å². The minimum Gasteiger partial charge on any atom is -0.321 e. The van der Waals surface area contributed by atoms with Crippen molar-refractivity contribution >= 4 is 45.6 Å². The van der Waals surface area contributed by atoms with E-state index in [9.17, 15) is 9.59 Å². The highest BCUT2D eigenvalue weighted by Crippen LogP contribution is 2.34. The number of pyridine rings is 2. The molecule has 2 aromatic heterocycles. The molecule has 25 heavy (non-hydrogen) atoms. The number of allylic oxidation sites excluding steroid dienone is 1. The summed E-state index contributed by atoms with van der Waals surface area (Å²) >= 11 is 6.01. The molecule has 1 N–H and O–H groups in total. The van der Waals surface area contributed by atoms with Crippen LogP contribution in [0.3, 0.4) is 0 Å². The van der Waals surface area contributed by atoms with Crippen LogP contribution < -0.4 is 5.32 Å². The van der Waals surface area contributed by atoms with Gasteiger partial charge in [0.1, 0.15) is 0 Å². The lowest BCUT2D eigenvalue weighted by molar-refractivity contribution is -0.110. The lowest BCUT2D eigenvalue weighted by Crippen LogP contribution is -2.07. The molecule has 0 unspecified atom stereocenters. The van der Waals surface area contributed by atoms with E-state index >= 15 is 0 Å². The Balaban J connectivity index is 1.80. The van der Waals surface area contributed by atoms with Gasteiger partial charge in [0.15, 0.2) is 11.4 Å². The average molecular weight is 350 g/mol. The number of fused-ring (bicyclic) bond motifs is 2. The first-order valence-corrected chi connectivity index (χ1v) is 8.00. The largest absolute Gasteiger partial charge is 0.321 e. The molecule has 6 heteroatoms. The van der Waals surface area contributed by atoms with Gasteiger partial charge in [-0.05, 0) is 49.4 Å². The number of hydrogen-bond donors (Lipinski definition) is 1. The number of rotatable bonds is 2.